The van der Waals surface area contributed by atoms with Gasteiger partial charge in [-0.05, 0) is 47.5 Å². The van der Waals surface area contributed by atoms with Gasteiger partial charge in [-0.1, -0.05) is 6.07 Å². The van der Waals surface area contributed by atoms with Crippen LogP contribution in [0.15, 0.2) is 35.1 Å². The lowest BCUT2D eigenvalue weighted by Gasteiger charge is -2.13. The molecule has 2 aromatic rings. The Morgan fingerprint density at radius 3 is 2.72 bits per heavy atom. The Morgan fingerprint density at radius 2 is 2.06 bits per heavy atom. The molecule has 0 aromatic carbocycles. The molecule has 1 unspecified atom stereocenters. The maximum Gasteiger partial charge on any atom is 0.0848 e. The maximum absolute atomic E-state index is 10.3. The largest absolute Gasteiger partial charge is 0.388 e. The van der Waals surface area contributed by atoms with E-state index < -0.39 is 6.10 Å². The van der Waals surface area contributed by atoms with Crippen LogP contribution in [0.2, 0.25) is 0 Å². The van der Waals surface area contributed by atoms with Gasteiger partial charge in [-0.3, -0.25) is 9.97 Å². The highest BCUT2D eigenvalue weighted by Crippen LogP contribution is 2.21. The van der Waals surface area contributed by atoms with E-state index in [2.05, 4.69) is 25.9 Å². The van der Waals surface area contributed by atoms with Gasteiger partial charge in [0.25, 0.3) is 0 Å². The van der Waals surface area contributed by atoms with E-state index in [1.807, 2.05) is 32.0 Å². The van der Waals surface area contributed by atoms with Crippen molar-refractivity contribution in [3.63, 3.8) is 0 Å². The van der Waals surface area contributed by atoms with E-state index in [9.17, 15) is 5.11 Å². The predicted octanol–water partition coefficient (Wildman–Crippen LogP) is 3.13. The topological polar surface area (TPSA) is 46.0 Å². The Morgan fingerprint density at radius 1 is 1.28 bits per heavy atom. The van der Waals surface area contributed by atoms with E-state index in [1.54, 1.807) is 12.4 Å². The minimum atomic E-state index is -0.547. The molecule has 0 spiro atoms. The molecule has 4 heteroatoms. The van der Waals surface area contributed by atoms with Gasteiger partial charge in [0.15, 0.2) is 0 Å². The van der Waals surface area contributed by atoms with Crippen LogP contribution in [0.25, 0.3) is 0 Å². The number of rotatable bonds is 3. The van der Waals surface area contributed by atoms with Crippen molar-refractivity contribution in [1.29, 1.82) is 0 Å². The molecule has 2 rings (SSSR count). The van der Waals surface area contributed by atoms with E-state index in [0.29, 0.717) is 6.42 Å². The fraction of sp³-hybridized carbons (Fsp3) is 0.286. The second-order valence-electron chi connectivity index (χ2n) is 4.36. The average molecular weight is 307 g/mol. The first kappa shape index (κ1) is 13.2. The zero-order valence-electron chi connectivity index (χ0n) is 10.4. The van der Waals surface area contributed by atoms with Gasteiger partial charge < -0.3 is 5.11 Å². The lowest BCUT2D eigenvalue weighted by Crippen LogP contribution is -2.06. The van der Waals surface area contributed by atoms with Gasteiger partial charge in [-0.25, -0.2) is 0 Å². The number of aryl methyl sites for hydroxylation is 2. The summed E-state index contributed by atoms with van der Waals surface area (Å²) >= 11 is 3.38. The maximum atomic E-state index is 10.3. The molecule has 0 aliphatic carbocycles. The fourth-order valence-electron chi connectivity index (χ4n) is 1.95. The first-order valence-electron chi connectivity index (χ1n) is 5.78. The summed E-state index contributed by atoms with van der Waals surface area (Å²) in [5.74, 6) is 0. The van der Waals surface area contributed by atoms with Crippen LogP contribution in [0, 0.1) is 13.8 Å². The molecule has 0 aliphatic rings. The lowest BCUT2D eigenvalue weighted by molar-refractivity contribution is 0.177. The summed E-state index contributed by atoms with van der Waals surface area (Å²) in [6, 6.07) is 5.83. The minimum absolute atomic E-state index is 0.540. The third kappa shape index (κ3) is 3.15. The van der Waals surface area contributed by atoms with Crippen LogP contribution in [-0.4, -0.2) is 15.1 Å². The second kappa shape index (κ2) is 5.59. The van der Waals surface area contributed by atoms with Gasteiger partial charge in [0.05, 0.1) is 6.10 Å². The van der Waals surface area contributed by atoms with Crippen LogP contribution in [0.5, 0.6) is 0 Å². The Balaban J connectivity index is 2.19. The van der Waals surface area contributed by atoms with Gasteiger partial charge in [-0.2, -0.15) is 0 Å². The number of halogens is 1. The molecule has 0 radical (unpaired) electrons. The Labute approximate surface area is 115 Å². The molecule has 1 N–H and O–H groups in total. The minimum Gasteiger partial charge on any atom is -0.388 e. The standard InChI is InChI=1S/C14H15BrN2O/c1-9-3-4-13(10(2)17-9)14(18)6-11-5-12(15)8-16-7-11/h3-5,7-8,14,18H,6H2,1-2H3. The van der Waals surface area contributed by atoms with Crippen molar-refractivity contribution in [2.24, 2.45) is 0 Å². The summed E-state index contributed by atoms with van der Waals surface area (Å²) in [6.45, 7) is 3.87. The van der Waals surface area contributed by atoms with Gasteiger partial charge >= 0.3 is 0 Å². The van der Waals surface area contributed by atoms with Crippen LogP contribution >= 0.6 is 15.9 Å². The molecule has 94 valence electrons. The Bertz CT molecular complexity index is 557. The van der Waals surface area contributed by atoms with Crippen molar-refractivity contribution in [3.8, 4) is 0 Å². The molecule has 2 aromatic heterocycles. The third-order valence-electron chi connectivity index (χ3n) is 2.82. The van der Waals surface area contributed by atoms with Crippen molar-refractivity contribution in [1.82, 2.24) is 9.97 Å². The number of aromatic nitrogens is 2. The van der Waals surface area contributed by atoms with E-state index in [-0.39, 0.29) is 0 Å². The first-order valence-corrected chi connectivity index (χ1v) is 6.57. The van der Waals surface area contributed by atoms with Crippen LogP contribution < -0.4 is 0 Å². The smallest absolute Gasteiger partial charge is 0.0848 e. The number of aliphatic hydroxyl groups is 1. The van der Waals surface area contributed by atoms with Gasteiger partial charge in [-0.15, -0.1) is 0 Å². The van der Waals surface area contributed by atoms with Crippen LogP contribution in [0.4, 0.5) is 0 Å². The zero-order chi connectivity index (χ0) is 13.1. The summed E-state index contributed by atoms with van der Waals surface area (Å²) in [5, 5.41) is 10.3. The highest BCUT2D eigenvalue weighted by molar-refractivity contribution is 9.10. The Hall–Kier alpha value is -1.26. The molecule has 3 nitrogen and oxygen atoms in total. The average Bonchev–Trinajstić information content (AvgIpc) is 2.28. The molecule has 0 saturated carbocycles. The summed E-state index contributed by atoms with van der Waals surface area (Å²) < 4.78 is 0.922. The highest BCUT2D eigenvalue weighted by Gasteiger charge is 2.12. The monoisotopic (exact) mass is 306 g/mol. The molecule has 1 atom stereocenters. The van der Waals surface area contributed by atoms with Crippen molar-refractivity contribution in [2.45, 2.75) is 26.4 Å². The summed E-state index contributed by atoms with van der Waals surface area (Å²) in [5.41, 5.74) is 3.72. The van der Waals surface area contributed by atoms with Crippen molar-refractivity contribution in [2.75, 3.05) is 0 Å². The van der Waals surface area contributed by atoms with Crippen molar-refractivity contribution >= 4 is 15.9 Å². The van der Waals surface area contributed by atoms with Crippen molar-refractivity contribution < 1.29 is 5.11 Å². The summed E-state index contributed by atoms with van der Waals surface area (Å²) in [4.78, 5) is 8.46. The first-order chi connectivity index (χ1) is 8.56. The van der Waals surface area contributed by atoms with Crippen LogP contribution in [0.1, 0.15) is 28.6 Å². The van der Waals surface area contributed by atoms with E-state index in [4.69, 9.17) is 0 Å². The van der Waals surface area contributed by atoms with Gasteiger partial charge in [0.2, 0.25) is 0 Å². The molecule has 18 heavy (non-hydrogen) atoms. The van der Waals surface area contributed by atoms with Crippen LogP contribution in [-0.2, 0) is 6.42 Å². The summed E-state index contributed by atoms with van der Waals surface area (Å²) in [7, 11) is 0. The molecule has 0 aliphatic heterocycles. The fourth-order valence-corrected chi connectivity index (χ4v) is 2.36. The quantitative estimate of drug-likeness (QED) is 0.947. The second-order valence-corrected chi connectivity index (χ2v) is 5.27. The molecule has 0 amide bonds. The van der Waals surface area contributed by atoms with Gasteiger partial charge in [0, 0.05) is 40.2 Å². The molecule has 2 heterocycles. The molecular weight excluding hydrogens is 292 g/mol. The van der Waals surface area contributed by atoms with E-state index in [1.165, 1.54) is 0 Å². The molecule has 0 saturated heterocycles. The van der Waals surface area contributed by atoms with E-state index >= 15 is 0 Å². The number of aliphatic hydroxyl groups excluding tert-OH is 1. The third-order valence-corrected chi connectivity index (χ3v) is 3.25. The lowest BCUT2D eigenvalue weighted by atomic mass is 10.0. The normalized spacial score (nSPS) is 12.4. The number of hydrogen-bond acceptors (Lipinski definition) is 3. The molecule has 0 bridgehead atoms. The molecular formula is C14H15BrN2O. The zero-order valence-corrected chi connectivity index (χ0v) is 12.0. The van der Waals surface area contributed by atoms with Crippen molar-refractivity contribution in [3.05, 3.63) is 57.6 Å². The SMILES string of the molecule is Cc1ccc(C(O)Cc2cncc(Br)c2)c(C)n1. The van der Waals surface area contributed by atoms with E-state index in [0.717, 1.165) is 27.0 Å². The molecule has 0 fully saturated rings. The Kier molecular flexibility index (Phi) is 4.09. The summed E-state index contributed by atoms with van der Waals surface area (Å²) in [6.07, 6.45) is 3.49. The number of hydrogen-bond donors (Lipinski definition) is 1. The van der Waals surface area contributed by atoms with Crippen LogP contribution in [0.3, 0.4) is 0 Å². The number of pyridine rings is 2. The highest BCUT2D eigenvalue weighted by atomic mass is 79.9. The number of nitrogens with zero attached hydrogens (tertiary/aromatic N) is 2. The van der Waals surface area contributed by atoms with Gasteiger partial charge in [0.1, 0.15) is 0 Å². The predicted molar refractivity (Wildman–Crippen MR) is 74.3 cm³/mol.